The van der Waals surface area contributed by atoms with Gasteiger partial charge in [0.25, 0.3) is 0 Å². The van der Waals surface area contributed by atoms with Crippen molar-refractivity contribution in [3.8, 4) is 11.5 Å². The van der Waals surface area contributed by atoms with E-state index < -0.39 is 0 Å². The maximum atomic E-state index is 7.32. The van der Waals surface area contributed by atoms with Crippen LogP contribution in [0.3, 0.4) is 0 Å². The molecule has 4 nitrogen and oxygen atoms in total. The second-order valence-corrected chi connectivity index (χ2v) is 5.29. The topological polar surface area (TPSA) is 72.0 Å². The van der Waals surface area contributed by atoms with Crippen LogP contribution in [0.5, 0.6) is 11.5 Å². The summed E-state index contributed by atoms with van der Waals surface area (Å²) in [6.07, 6.45) is 1.55. The van der Waals surface area contributed by atoms with E-state index >= 15 is 0 Å². The lowest BCUT2D eigenvalue weighted by molar-refractivity contribution is 0.478. The molecule has 0 aliphatic carbocycles. The van der Waals surface area contributed by atoms with E-state index in [1.54, 1.807) is 18.3 Å². The molecule has 0 fully saturated rings. The summed E-state index contributed by atoms with van der Waals surface area (Å²) in [5.74, 6) is 1.25. The fourth-order valence-corrected chi connectivity index (χ4v) is 2.59. The molecule has 1 heterocycles. The van der Waals surface area contributed by atoms with Crippen molar-refractivity contribution in [1.82, 2.24) is 4.98 Å². The van der Waals surface area contributed by atoms with Crippen LogP contribution in [0.25, 0.3) is 10.8 Å². The molecule has 0 aliphatic rings. The summed E-state index contributed by atoms with van der Waals surface area (Å²) in [6, 6.07) is 15.4. The van der Waals surface area contributed by atoms with Gasteiger partial charge in [0.1, 0.15) is 23.0 Å². The summed E-state index contributed by atoms with van der Waals surface area (Å²) in [5, 5.41) is 9.55. The van der Waals surface area contributed by atoms with Gasteiger partial charge in [-0.15, -0.1) is 0 Å². The Labute approximate surface area is 130 Å². The maximum Gasteiger partial charge on any atom is 0.145 e. The standard InChI is InChI=1S/C16H12BrN3O/c17-15-12-4-2-1-3-10(12)5-8-14(15)21-11-6-7-13(16(18)19)20-9-11/h1-9H,(H3,18,19). The normalized spacial score (nSPS) is 10.5. The highest BCUT2D eigenvalue weighted by atomic mass is 79.9. The fourth-order valence-electron chi connectivity index (χ4n) is 2.02. The summed E-state index contributed by atoms with van der Waals surface area (Å²) >= 11 is 3.58. The molecule has 21 heavy (non-hydrogen) atoms. The molecule has 1 aromatic heterocycles. The van der Waals surface area contributed by atoms with E-state index in [-0.39, 0.29) is 5.84 Å². The number of benzene rings is 2. The molecule has 2 aromatic carbocycles. The van der Waals surface area contributed by atoms with Crippen molar-refractivity contribution < 1.29 is 4.74 Å². The van der Waals surface area contributed by atoms with Gasteiger partial charge < -0.3 is 10.5 Å². The number of hydrogen-bond donors (Lipinski definition) is 2. The molecular weight excluding hydrogens is 330 g/mol. The van der Waals surface area contributed by atoms with Gasteiger partial charge in [0.15, 0.2) is 0 Å². The van der Waals surface area contributed by atoms with Crippen LogP contribution in [0.1, 0.15) is 5.69 Å². The smallest absolute Gasteiger partial charge is 0.145 e. The Balaban J connectivity index is 1.94. The lowest BCUT2D eigenvalue weighted by atomic mass is 10.1. The van der Waals surface area contributed by atoms with Crippen LogP contribution >= 0.6 is 15.9 Å². The van der Waals surface area contributed by atoms with E-state index in [9.17, 15) is 0 Å². The van der Waals surface area contributed by atoms with Crippen molar-refractivity contribution in [2.75, 3.05) is 0 Å². The lowest BCUT2D eigenvalue weighted by Gasteiger charge is -2.10. The zero-order valence-electron chi connectivity index (χ0n) is 11.0. The predicted molar refractivity (Wildman–Crippen MR) is 87.0 cm³/mol. The minimum Gasteiger partial charge on any atom is -0.455 e. The average molecular weight is 342 g/mol. The number of nitrogens with one attached hydrogen (secondary N) is 1. The molecule has 3 aromatic rings. The van der Waals surface area contributed by atoms with Crippen molar-refractivity contribution >= 4 is 32.5 Å². The number of aromatic nitrogens is 1. The molecule has 3 rings (SSSR count). The van der Waals surface area contributed by atoms with Gasteiger partial charge in [-0.05, 0) is 44.9 Å². The van der Waals surface area contributed by atoms with Gasteiger partial charge in [0.05, 0.1) is 10.7 Å². The molecule has 0 unspecified atom stereocenters. The van der Waals surface area contributed by atoms with Gasteiger partial charge in [-0.2, -0.15) is 0 Å². The van der Waals surface area contributed by atoms with Gasteiger partial charge in [0.2, 0.25) is 0 Å². The Hall–Kier alpha value is -2.40. The monoisotopic (exact) mass is 341 g/mol. The SMILES string of the molecule is N=C(N)c1ccc(Oc2ccc3ccccc3c2Br)cn1. The molecule has 0 bridgehead atoms. The van der Waals surface area contributed by atoms with Crippen molar-refractivity contribution in [2.24, 2.45) is 5.73 Å². The van der Waals surface area contributed by atoms with Crippen LogP contribution in [-0.4, -0.2) is 10.8 Å². The number of pyridine rings is 1. The van der Waals surface area contributed by atoms with Crippen molar-refractivity contribution in [1.29, 1.82) is 5.41 Å². The number of rotatable bonds is 3. The maximum absolute atomic E-state index is 7.32. The molecule has 0 saturated heterocycles. The second-order valence-electron chi connectivity index (χ2n) is 4.49. The summed E-state index contributed by atoms with van der Waals surface area (Å²) in [7, 11) is 0. The highest BCUT2D eigenvalue weighted by Gasteiger charge is 2.07. The van der Waals surface area contributed by atoms with Gasteiger partial charge in [-0.1, -0.05) is 30.3 Å². The van der Waals surface area contributed by atoms with Gasteiger partial charge in [-0.3, -0.25) is 5.41 Å². The zero-order chi connectivity index (χ0) is 14.8. The first-order valence-corrected chi connectivity index (χ1v) is 7.10. The summed E-state index contributed by atoms with van der Waals surface area (Å²) < 4.78 is 6.73. The summed E-state index contributed by atoms with van der Waals surface area (Å²) in [4.78, 5) is 4.08. The molecule has 104 valence electrons. The number of nitrogens with zero attached hydrogens (tertiary/aromatic N) is 1. The van der Waals surface area contributed by atoms with Gasteiger partial charge in [0, 0.05) is 0 Å². The van der Waals surface area contributed by atoms with Crippen molar-refractivity contribution in [3.05, 3.63) is 64.9 Å². The largest absolute Gasteiger partial charge is 0.455 e. The Morgan fingerprint density at radius 1 is 1.10 bits per heavy atom. The zero-order valence-corrected chi connectivity index (χ0v) is 12.6. The first-order chi connectivity index (χ1) is 10.1. The van der Waals surface area contributed by atoms with E-state index in [0.717, 1.165) is 15.2 Å². The quantitative estimate of drug-likeness (QED) is 0.557. The Morgan fingerprint density at radius 2 is 1.90 bits per heavy atom. The molecule has 0 amide bonds. The minimum absolute atomic E-state index is 0.0616. The predicted octanol–water partition coefficient (Wildman–Crippen LogP) is 4.07. The van der Waals surface area contributed by atoms with Crippen LogP contribution in [0.2, 0.25) is 0 Å². The highest BCUT2D eigenvalue weighted by molar-refractivity contribution is 9.10. The summed E-state index contributed by atoms with van der Waals surface area (Å²) in [6.45, 7) is 0. The third kappa shape index (κ3) is 2.73. The minimum atomic E-state index is -0.0616. The second kappa shape index (κ2) is 5.54. The molecule has 0 spiro atoms. The summed E-state index contributed by atoms with van der Waals surface area (Å²) in [5.41, 5.74) is 5.81. The average Bonchev–Trinajstić information content (AvgIpc) is 2.51. The highest BCUT2D eigenvalue weighted by Crippen LogP contribution is 2.35. The van der Waals surface area contributed by atoms with Crippen LogP contribution in [0.15, 0.2) is 59.2 Å². The Kier molecular flexibility index (Phi) is 3.58. The Morgan fingerprint density at radius 3 is 2.62 bits per heavy atom. The van der Waals surface area contributed by atoms with Crippen LogP contribution in [0.4, 0.5) is 0 Å². The van der Waals surface area contributed by atoms with E-state index in [2.05, 4.69) is 20.9 Å². The van der Waals surface area contributed by atoms with E-state index in [0.29, 0.717) is 17.2 Å². The van der Waals surface area contributed by atoms with E-state index in [1.165, 1.54) is 0 Å². The number of nitrogen functional groups attached to an aromatic ring is 1. The molecule has 5 heteroatoms. The fraction of sp³-hybridized carbons (Fsp3) is 0. The first-order valence-electron chi connectivity index (χ1n) is 6.31. The number of hydrogen-bond acceptors (Lipinski definition) is 3. The number of amidine groups is 1. The van der Waals surface area contributed by atoms with E-state index in [1.807, 2.05) is 36.4 Å². The first kappa shape index (κ1) is 13.6. The Bertz CT molecular complexity index is 815. The number of fused-ring (bicyclic) bond motifs is 1. The van der Waals surface area contributed by atoms with Crippen molar-refractivity contribution in [3.63, 3.8) is 0 Å². The van der Waals surface area contributed by atoms with Gasteiger partial charge in [-0.25, -0.2) is 4.98 Å². The van der Waals surface area contributed by atoms with Crippen LogP contribution < -0.4 is 10.5 Å². The number of ether oxygens (including phenoxy) is 1. The molecule has 3 N–H and O–H groups in total. The molecule has 0 aliphatic heterocycles. The number of nitrogens with two attached hydrogens (primary N) is 1. The van der Waals surface area contributed by atoms with Gasteiger partial charge >= 0.3 is 0 Å². The molecule has 0 radical (unpaired) electrons. The molecular formula is C16H12BrN3O. The van der Waals surface area contributed by atoms with Crippen molar-refractivity contribution in [2.45, 2.75) is 0 Å². The molecule has 0 atom stereocenters. The van der Waals surface area contributed by atoms with Crippen LogP contribution in [-0.2, 0) is 0 Å². The van der Waals surface area contributed by atoms with Crippen LogP contribution in [0, 0.1) is 5.41 Å². The third-order valence-electron chi connectivity index (χ3n) is 3.07. The third-order valence-corrected chi connectivity index (χ3v) is 3.89. The molecule has 0 saturated carbocycles. The van der Waals surface area contributed by atoms with E-state index in [4.69, 9.17) is 15.9 Å². The lowest BCUT2D eigenvalue weighted by Crippen LogP contribution is -2.12. The number of halogens is 1.